The van der Waals surface area contributed by atoms with Gasteiger partial charge < -0.3 is 0 Å². The minimum atomic E-state index is 1.54. The summed E-state index contributed by atoms with van der Waals surface area (Å²) in [4.78, 5) is 0. The van der Waals surface area contributed by atoms with Gasteiger partial charge in [-0.15, -0.1) is 11.8 Å². The van der Waals surface area contributed by atoms with Gasteiger partial charge in [0, 0.05) is 0 Å². The summed E-state index contributed by atoms with van der Waals surface area (Å²) in [6.07, 6.45) is 3.60. The number of hydrogen-bond acceptors (Lipinski definition) is 1. The van der Waals surface area contributed by atoms with Crippen LogP contribution < -0.4 is 0 Å². The number of thioether (sulfide) groups is 1. The van der Waals surface area contributed by atoms with Gasteiger partial charge in [-0.05, 0) is 10.8 Å². The van der Waals surface area contributed by atoms with Gasteiger partial charge in [-0.2, -0.15) is 0 Å². The highest BCUT2D eigenvalue weighted by molar-refractivity contribution is 8.04. The van der Waals surface area contributed by atoms with Gasteiger partial charge in [0.05, 0.1) is 0 Å². The highest BCUT2D eigenvalue weighted by Crippen LogP contribution is 1.99. The maximum atomic E-state index is 3.51. The topological polar surface area (TPSA) is 0 Å². The molecule has 0 aliphatic carbocycles. The van der Waals surface area contributed by atoms with Gasteiger partial charge in [-0.1, -0.05) is 25.3 Å². The van der Waals surface area contributed by atoms with Crippen LogP contribution in [0.5, 0.6) is 0 Å². The molecule has 0 aromatic rings. The van der Waals surface area contributed by atoms with Crippen molar-refractivity contribution in [3.63, 3.8) is 0 Å². The molecule has 0 saturated carbocycles. The molecule has 1 heteroatoms. The fourth-order valence-corrected chi connectivity index (χ4v) is 0.469. The highest BCUT2D eigenvalue weighted by Gasteiger charge is 1.59. The Balaban J connectivity index is 3.08. The number of rotatable bonds is 3. The van der Waals surface area contributed by atoms with Crippen molar-refractivity contribution < 1.29 is 0 Å². The van der Waals surface area contributed by atoms with Gasteiger partial charge in [0.1, 0.15) is 0 Å². The standard InChI is InChI=1S/C6H8S/c1-3-5-6-7-4-2/h3-6H,1-2H2/b6-5-. The highest BCUT2D eigenvalue weighted by atomic mass is 32.2. The molecule has 0 aromatic heterocycles. The largest absolute Gasteiger partial charge is 0.107 e. The molecule has 0 heterocycles. The minimum Gasteiger partial charge on any atom is -0.107 e. The van der Waals surface area contributed by atoms with E-state index in [0.29, 0.717) is 0 Å². The Kier molecular flexibility index (Phi) is 5.23. The first kappa shape index (κ1) is 6.57. The van der Waals surface area contributed by atoms with Crippen LogP contribution in [0.15, 0.2) is 36.1 Å². The van der Waals surface area contributed by atoms with Crippen LogP contribution in [-0.4, -0.2) is 0 Å². The Hall–Kier alpha value is -0.430. The van der Waals surface area contributed by atoms with Crippen LogP contribution >= 0.6 is 11.8 Å². The van der Waals surface area contributed by atoms with Crippen molar-refractivity contribution >= 4 is 11.8 Å². The van der Waals surface area contributed by atoms with Crippen molar-refractivity contribution in [1.29, 1.82) is 0 Å². The van der Waals surface area contributed by atoms with Crippen LogP contribution in [0.4, 0.5) is 0 Å². The van der Waals surface area contributed by atoms with Gasteiger partial charge in [-0.25, -0.2) is 0 Å². The zero-order chi connectivity index (χ0) is 5.54. The lowest BCUT2D eigenvalue weighted by Crippen LogP contribution is -1.38. The third-order valence-electron chi connectivity index (χ3n) is 0.389. The Morgan fingerprint density at radius 1 is 1.29 bits per heavy atom. The molecule has 0 saturated heterocycles. The Labute approximate surface area is 48.6 Å². The van der Waals surface area contributed by atoms with E-state index in [2.05, 4.69) is 13.2 Å². The van der Waals surface area contributed by atoms with E-state index in [9.17, 15) is 0 Å². The lowest BCUT2D eigenvalue weighted by atomic mass is 10.6. The van der Waals surface area contributed by atoms with E-state index < -0.39 is 0 Å². The van der Waals surface area contributed by atoms with Gasteiger partial charge in [-0.3, -0.25) is 0 Å². The number of hydrogen-bond donors (Lipinski definition) is 0. The molecule has 0 aliphatic heterocycles. The van der Waals surface area contributed by atoms with E-state index in [-0.39, 0.29) is 0 Å². The summed E-state index contributed by atoms with van der Waals surface area (Å²) in [7, 11) is 0. The molecule has 0 radical (unpaired) electrons. The molecule has 0 aliphatic rings. The molecule has 0 spiro atoms. The number of allylic oxidation sites excluding steroid dienone is 2. The first-order valence-electron chi connectivity index (χ1n) is 1.95. The van der Waals surface area contributed by atoms with Crippen molar-refractivity contribution in [3.05, 3.63) is 36.1 Å². The van der Waals surface area contributed by atoms with Crippen molar-refractivity contribution in [2.24, 2.45) is 0 Å². The Morgan fingerprint density at radius 2 is 2.00 bits per heavy atom. The minimum absolute atomic E-state index is 1.54. The van der Waals surface area contributed by atoms with E-state index in [4.69, 9.17) is 0 Å². The van der Waals surface area contributed by atoms with Crippen LogP contribution in [0, 0.1) is 0 Å². The maximum Gasteiger partial charge on any atom is -0.0249 e. The van der Waals surface area contributed by atoms with Gasteiger partial charge >= 0.3 is 0 Å². The third-order valence-corrected chi connectivity index (χ3v) is 0.896. The second-order valence-electron chi connectivity index (χ2n) is 0.867. The van der Waals surface area contributed by atoms with E-state index >= 15 is 0 Å². The summed E-state index contributed by atoms with van der Waals surface area (Å²) in [5, 5.41) is 3.68. The summed E-state index contributed by atoms with van der Waals surface area (Å²) < 4.78 is 0. The molecule has 7 heavy (non-hydrogen) atoms. The monoisotopic (exact) mass is 112 g/mol. The maximum absolute atomic E-state index is 3.51. The Morgan fingerprint density at radius 3 is 2.43 bits per heavy atom. The summed E-state index contributed by atoms with van der Waals surface area (Å²) in [5.41, 5.74) is 0. The fourth-order valence-electron chi connectivity index (χ4n) is 0.156. The summed E-state index contributed by atoms with van der Waals surface area (Å²) in [5.74, 6) is 0. The zero-order valence-electron chi connectivity index (χ0n) is 4.13. The van der Waals surface area contributed by atoms with Crippen LogP contribution in [0.2, 0.25) is 0 Å². The zero-order valence-corrected chi connectivity index (χ0v) is 4.95. The van der Waals surface area contributed by atoms with E-state index in [0.717, 1.165) is 0 Å². The molecule has 0 rings (SSSR count). The van der Waals surface area contributed by atoms with Gasteiger partial charge in [0.25, 0.3) is 0 Å². The van der Waals surface area contributed by atoms with Crippen LogP contribution in [0.25, 0.3) is 0 Å². The molecule has 0 atom stereocenters. The predicted octanol–water partition coefficient (Wildman–Crippen LogP) is 2.56. The molecule has 0 bridgehead atoms. The van der Waals surface area contributed by atoms with Crippen molar-refractivity contribution in [2.75, 3.05) is 0 Å². The second-order valence-corrected chi connectivity index (χ2v) is 1.74. The van der Waals surface area contributed by atoms with Crippen molar-refractivity contribution in [3.8, 4) is 0 Å². The second kappa shape index (κ2) is 5.57. The summed E-state index contributed by atoms with van der Waals surface area (Å²) in [6, 6.07) is 0. The molecular weight excluding hydrogens is 104 g/mol. The average molecular weight is 112 g/mol. The lowest BCUT2D eigenvalue weighted by molar-refractivity contribution is 2.12. The van der Waals surface area contributed by atoms with E-state index in [1.807, 2.05) is 11.5 Å². The van der Waals surface area contributed by atoms with Crippen molar-refractivity contribution in [1.82, 2.24) is 0 Å². The van der Waals surface area contributed by atoms with Gasteiger partial charge in [0.2, 0.25) is 0 Å². The summed E-state index contributed by atoms with van der Waals surface area (Å²) >= 11 is 1.54. The first-order valence-corrected chi connectivity index (χ1v) is 2.90. The summed E-state index contributed by atoms with van der Waals surface area (Å²) in [6.45, 7) is 7.01. The smallest absolute Gasteiger partial charge is 0.0249 e. The molecular formula is C6H8S. The molecule has 0 nitrogen and oxygen atoms in total. The van der Waals surface area contributed by atoms with Crippen molar-refractivity contribution in [2.45, 2.75) is 0 Å². The fraction of sp³-hybridized carbons (Fsp3) is 0. The average Bonchev–Trinajstić information content (AvgIpc) is 1.69. The lowest BCUT2D eigenvalue weighted by Gasteiger charge is -1.71. The normalized spacial score (nSPS) is 9.14. The van der Waals surface area contributed by atoms with E-state index in [1.54, 1.807) is 23.2 Å². The quantitative estimate of drug-likeness (QED) is 0.505. The van der Waals surface area contributed by atoms with Crippen LogP contribution in [0.3, 0.4) is 0 Å². The van der Waals surface area contributed by atoms with E-state index in [1.165, 1.54) is 0 Å². The molecule has 0 amide bonds. The van der Waals surface area contributed by atoms with Crippen LogP contribution in [-0.2, 0) is 0 Å². The molecule has 0 unspecified atom stereocenters. The first-order chi connectivity index (χ1) is 3.41. The predicted molar refractivity (Wildman–Crippen MR) is 37.1 cm³/mol. The SMILES string of the molecule is C=C/C=C\SC=C. The molecule has 0 fully saturated rings. The third kappa shape index (κ3) is 5.57. The molecule has 38 valence electrons. The molecule has 0 aromatic carbocycles. The van der Waals surface area contributed by atoms with Gasteiger partial charge in [0.15, 0.2) is 0 Å². The molecule has 0 N–H and O–H groups in total. The van der Waals surface area contributed by atoms with Crippen LogP contribution in [0.1, 0.15) is 0 Å². The Bertz CT molecular complexity index is 82.2.